The van der Waals surface area contributed by atoms with Gasteiger partial charge >= 0.3 is 0 Å². The molecule has 10 heteroatoms. The van der Waals surface area contributed by atoms with Gasteiger partial charge in [-0.15, -0.1) is 22.7 Å². The summed E-state index contributed by atoms with van der Waals surface area (Å²) >= 11 is 2.83. The fourth-order valence-electron chi connectivity index (χ4n) is 12.6. The van der Waals surface area contributed by atoms with Gasteiger partial charge in [0.25, 0.3) is 23.6 Å². The molecule has 6 aromatic rings. The average molecular weight is 1090 g/mol. The van der Waals surface area contributed by atoms with Crippen LogP contribution in [0, 0.1) is 11.8 Å². The van der Waals surface area contributed by atoms with Gasteiger partial charge < -0.3 is 0 Å². The minimum Gasteiger partial charge on any atom is -0.274 e. The third-order valence-corrected chi connectivity index (χ3v) is 19.3. The number of imide groups is 2. The van der Waals surface area contributed by atoms with Crippen molar-refractivity contribution in [3.05, 3.63) is 82.9 Å². The molecule has 420 valence electrons. The molecule has 0 spiro atoms. The van der Waals surface area contributed by atoms with E-state index in [9.17, 15) is 0 Å². The summed E-state index contributed by atoms with van der Waals surface area (Å²) in [4.78, 5) is 76.9. The standard InChI is InChI=1S/C68H92N4O4S2/c1-5-9-13-17-21-23-27-33-41-49(39-31-25-19-15-11-7-3)47-71-65(73)55-53-54-56(60-61(57(53)67(71)75)77-64(70-60)52-45-37-30-38-46-52)66(74)72(68(76)58(54)62-59(55)69-63(78-62)51-43-35-29-36-44-51)48-50(40-32-26-20-16-12-8-4)42-34-28-24-22-18-14-10-6-2/h29-30,35-38,43-46,49-50H,5-28,31-34,39-42,47-48H2,1-4H3. The predicted octanol–water partition coefficient (Wildman–Crippen LogP) is 20.4. The fourth-order valence-corrected chi connectivity index (χ4v) is 14.8. The number of hydrogen-bond donors (Lipinski definition) is 0. The summed E-state index contributed by atoms with van der Waals surface area (Å²) in [5.74, 6) is -1.16. The molecule has 4 aromatic carbocycles. The average Bonchev–Trinajstić information content (AvgIpc) is 3.17. The minimum absolute atomic E-state index is 0.146. The number of carbonyl (C=O) groups excluding carboxylic acids is 4. The van der Waals surface area contributed by atoms with Crippen molar-refractivity contribution in [1.82, 2.24) is 19.8 Å². The predicted molar refractivity (Wildman–Crippen MR) is 329 cm³/mol. The highest BCUT2D eigenvalue weighted by Gasteiger charge is 2.46. The van der Waals surface area contributed by atoms with Crippen molar-refractivity contribution in [2.75, 3.05) is 13.1 Å². The lowest BCUT2D eigenvalue weighted by Crippen LogP contribution is -2.46. The van der Waals surface area contributed by atoms with E-state index in [1.807, 2.05) is 60.7 Å². The zero-order valence-electron chi connectivity index (χ0n) is 48.2. The van der Waals surface area contributed by atoms with Gasteiger partial charge in [0.1, 0.15) is 10.0 Å². The van der Waals surface area contributed by atoms with E-state index in [0.29, 0.717) is 76.6 Å². The van der Waals surface area contributed by atoms with Crippen molar-refractivity contribution in [2.24, 2.45) is 11.8 Å². The zero-order valence-corrected chi connectivity index (χ0v) is 49.8. The van der Waals surface area contributed by atoms with Crippen LogP contribution in [0.15, 0.2) is 60.7 Å². The third-order valence-electron chi connectivity index (χ3n) is 17.1. The number of amides is 4. The molecule has 8 nitrogen and oxygen atoms in total. The lowest BCUT2D eigenvalue weighted by atomic mass is 9.83. The smallest absolute Gasteiger partial charge is 0.263 e. The van der Waals surface area contributed by atoms with Crippen molar-refractivity contribution >= 4 is 77.5 Å². The maximum Gasteiger partial charge on any atom is 0.263 e. The first-order valence-corrected chi connectivity index (χ1v) is 33.0. The maximum absolute atomic E-state index is 15.8. The Morgan fingerprint density at radius 2 is 0.628 bits per heavy atom. The molecule has 2 unspecified atom stereocenters. The number of unbranched alkanes of at least 4 members (excludes halogenated alkanes) is 24. The number of fused-ring (bicyclic) bond motifs is 6. The highest BCUT2D eigenvalue weighted by atomic mass is 32.1. The Bertz CT molecular complexity index is 2590. The number of rotatable bonds is 38. The van der Waals surface area contributed by atoms with E-state index in [0.717, 1.165) is 88.2 Å². The van der Waals surface area contributed by atoms with Crippen LogP contribution in [0.5, 0.6) is 0 Å². The first-order valence-electron chi connectivity index (χ1n) is 31.4. The van der Waals surface area contributed by atoms with Crippen molar-refractivity contribution in [1.29, 1.82) is 0 Å². The molecule has 0 radical (unpaired) electrons. The summed E-state index contributed by atoms with van der Waals surface area (Å²) < 4.78 is 1.20. The molecule has 2 aliphatic heterocycles. The van der Waals surface area contributed by atoms with Crippen LogP contribution in [0.3, 0.4) is 0 Å². The van der Waals surface area contributed by atoms with E-state index < -0.39 is 0 Å². The van der Waals surface area contributed by atoms with Crippen LogP contribution in [0.25, 0.3) is 52.3 Å². The second kappa shape index (κ2) is 30.7. The molecule has 2 aliphatic rings. The van der Waals surface area contributed by atoms with Crippen LogP contribution in [-0.2, 0) is 0 Å². The Morgan fingerprint density at radius 1 is 0.359 bits per heavy atom. The molecule has 0 bridgehead atoms. The molecule has 2 aromatic heterocycles. The molecular formula is C68H92N4O4S2. The molecule has 2 atom stereocenters. The monoisotopic (exact) mass is 1090 g/mol. The Morgan fingerprint density at radius 3 is 0.923 bits per heavy atom. The number of nitrogens with zero attached hydrogens (tertiary/aromatic N) is 4. The van der Waals surface area contributed by atoms with E-state index in [-0.39, 0.29) is 35.5 Å². The van der Waals surface area contributed by atoms with E-state index in [2.05, 4.69) is 27.7 Å². The molecule has 8 rings (SSSR count). The van der Waals surface area contributed by atoms with Crippen LogP contribution in [0.4, 0.5) is 0 Å². The normalized spacial score (nSPS) is 14.3. The SMILES string of the molecule is CCCCCCCCCCC(CCCCCCCC)CN1C(=O)c2c3nc(-c4ccccc4)sc3c3c4c(c5nc(-c6ccccc6)sc5c(c24)C1=O)C(=O)N(CC(CCCCCCCC)CCCCCCCCCC)C3=O. The molecule has 78 heavy (non-hydrogen) atoms. The number of carbonyl (C=O) groups is 4. The van der Waals surface area contributed by atoms with E-state index in [1.165, 1.54) is 161 Å². The maximum atomic E-state index is 15.8. The molecule has 0 aliphatic carbocycles. The first kappa shape index (κ1) is 59.3. The van der Waals surface area contributed by atoms with Crippen LogP contribution in [0.2, 0.25) is 0 Å². The molecule has 0 N–H and O–H groups in total. The lowest BCUT2D eigenvalue weighted by Gasteiger charge is -2.35. The highest BCUT2D eigenvalue weighted by molar-refractivity contribution is 7.23. The van der Waals surface area contributed by atoms with Gasteiger partial charge in [-0.1, -0.05) is 268 Å². The molecule has 4 heterocycles. The summed E-state index contributed by atoms with van der Waals surface area (Å²) in [6, 6.07) is 19.9. The van der Waals surface area contributed by atoms with E-state index in [1.54, 1.807) is 0 Å². The summed E-state index contributed by atoms with van der Waals surface area (Å²) in [6.07, 6.45) is 37.6. The fraction of sp³-hybridized carbons (Fsp3) is 0.588. The summed E-state index contributed by atoms with van der Waals surface area (Å²) in [7, 11) is 0. The van der Waals surface area contributed by atoms with E-state index in [4.69, 9.17) is 9.97 Å². The van der Waals surface area contributed by atoms with Crippen molar-refractivity contribution < 1.29 is 19.2 Å². The highest BCUT2D eigenvalue weighted by Crippen LogP contribution is 2.51. The van der Waals surface area contributed by atoms with Gasteiger partial charge in [0.2, 0.25) is 0 Å². The van der Waals surface area contributed by atoms with Gasteiger partial charge in [-0.2, -0.15) is 0 Å². The third kappa shape index (κ3) is 14.6. The lowest BCUT2D eigenvalue weighted by molar-refractivity contribution is 0.0560. The molecule has 0 saturated heterocycles. The Balaban J connectivity index is 1.22. The van der Waals surface area contributed by atoms with Gasteiger partial charge in [-0.3, -0.25) is 29.0 Å². The Hall–Kier alpha value is -4.80. The molecule has 0 fully saturated rings. The quantitative estimate of drug-likeness (QED) is 0.0283. The summed E-state index contributed by atoms with van der Waals surface area (Å²) in [6.45, 7) is 9.66. The van der Waals surface area contributed by atoms with Crippen LogP contribution in [-0.4, -0.2) is 56.5 Å². The van der Waals surface area contributed by atoms with Gasteiger partial charge in [0.15, 0.2) is 0 Å². The Labute approximate surface area is 476 Å². The van der Waals surface area contributed by atoms with Crippen molar-refractivity contribution in [2.45, 2.75) is 233 Å². The van der Waals surface area contributed by atoms with Crippen LogP contribution < -0.4 is 0 Å². The zero-order chi connectivity index (χ0) is 54.6. The number of aromatic nitrogens is 2. The number of benzene rings is 4. The van der Waals surface area contributed by atoms with Gasteiger partial charge in [-0.25, -0.2) is 9.97 Å². The second-order valence-electron chi connectivity index (χ2n) is 23.2. The van der Waals surface area contributed by atoms with Crippen LogP contribution >= 0.6 is 22.7 Å². The number of thiazole rings is 2. The molecule has 0 saturated carbocycles. The van der Waals surface area contributed by atoms with Crippen LogP contribution in [0.1, 0.15) is 275 Å². The second-order valence-corrected chi connectivity index (χ2v) is 25.2. The Kier molecular flexibility index (Phi) is 23.3. The van der Waals surface area contributed by atoms with E-state index >= 15 is 19.2 Å². The largest absolute Gasteiger partial charge is 0.274 e. The molecular weight excluding hydrogens is 1000 g/mol. The topological polar surface area (TPSA) is 101 Å². The number of hydrogen-bond acceptors (Lipinski definition) is 8. The van der Waals surface area contributed by atoms with Gasteiger partial charge in [-0.05, 0) is 37.5 Å². The minimum atomic E-state index is -0.373. The molecule has 4 amide bonds. The first-order chi connectivity index (χ1) is 38.3. The van der Waals surface area contributed by atoms with Crippen molar-refractivity contribution in [3.8, 4) is 21.1 Å². The summed E-state index contributed by atoms with van der Waals surface area (Å²) in [5, 5.41) is 2.20. The van der Waals surface area contributed by atoms with Crippen molar-refractivity contribution in [3.63, 3.8) is 0 Å². The summed E-state index contributed by atoms with van der Waals surface area (Å²) in [5.41, 5.74) is 4.11. The van der Waals surface area contributed by atoms with Gasteiger partial charge in [0, 0.05) is 35.0 Å². The van der Waals surface area contributed by atoms with Gasteiger partial charge in [0.05, 0.1) is 42.7 Å².